The number of hydrogen-bond acceptors (Lipinski definition) is 0. The fourth-order valence-electron chi connectivity index (χ4n) is 4.70. The van der Waals surface area contributed by atoms with Crippen LogP contribution < -0.4 is 0 Å². The van der Waals surface area contributed by atoms with E-state index in [9.17, 15) is 0 Å². The Hall–Kier alpha value is -2.08. The van der Waals surface area contributed by atoms with Gasteiger partial charge in [-0.25, -0.2) is 0 Å². The summed E-state index contributed by atoms with van der Waals surface area (Å²) < 4.78 is 0. The molecule has 0 N–H and O–H groups in total. The van der Waals surface area contributed by atoms with E-state index < -0.39 is 0 Å². The molecule has 0 nitrogen and oxygen atoms in total. The molecule has 2 aromatic rings. The van der Waals surface area contributed by atoms with Gasteiger partial charge in [-0.05, 0) is 67.6 Å². The van der Waals surface area contributed by atoms with Crippen LogP contribution in [0.15, 0.2) is 72.8 Å². The van der Waals surface area contributed by atoms with E-state index in [2.05, 4.69) is 82.0 Å². The van der Waals surface area contributed by atoms with Crippen molar-refractivity contribution in [2.75, 3.05) is 0 Å². The molecule has 2 unspecified atom stereocenters. The largest absolute Gasteiger partial charge is 0.0991 e. The molecule has 0 aliphatic heterocycles. The Morgan fingerprint density at radius 3 is 2.76 bits per heavy atom. The number of aryl methyl sites for hydroxylation is 1. The standard InChI is InChI=1S/C25H30/c1-5-9-20(3)16-25(4)17-22-12-6-7-13-24(22)23(18-25)15-21-11-8-10-19(2)14-21/h5-14,23H,1,15-18H2,2-4H3/b20-9+. The number of hydrogen-bond donors (Lipinski definition) is 0. The van der Waals surface area contributed by atoms with Crippen molar-refractivity contribution in [3.63, 3.8) is 0 Å². The Bertz CT molecular complexity index is 780. The lowest BCUT2D eigenvalue weighted by molar-refractivity contribution is 0.246. The van der Waals surface area contributed by atoms with Crippen molar-refractivity contribution in [1.29, 1.82) is 0 Å². The minimum absolute atomic E-state index is 0.326. The summed E-state index contributed by atoms with van der Waals surface area (Å²) in [6.07, 6.45) is 8.80. The highest BCUT2D eigenvalue weighted by atomic mass is 14.4. The first-order valence-corrected chi connectivity index (χ1v) is 9.41. The van der Waals surface area contributed by atoms with Crippen molar-refractivity contribution in [2.24, 2.45) is 5.41 Å². The molecule has 1 aliphatic carbocycles. The minimum atomic E-state index is 0.326. The second kappa shape index (κ2) is 7.44. The third-order valence-electron chi connectivity index (χ3n) is 5.52. The quantitative estimate of drug-likeness (QED) is 0.529. The Labute approximate surface area is 153 Å². The van der Waals surface area contributed by atoms with E-state index in [0.29, 0.717) is 11.3 Å². The summed E-state index contributed by atoms with van der Waals surface area (Å²) in [6.45, 7) is 10.7. The molecule has 130 valence electrons. The molecule has 0 radical (unpaired) electrons. The van der Waals surface area contributed by atoms with Gasteiger partial charge in [-0.15, -0.1) is 0 Å². The van der Waals surface area contributed by atoms with Gasteiger partial charge >= 0.3 is 0 Å². The van der Waals surface area contributed by atoms with Crippen LogP contribution in [-0.4, -0.2) is 0 Å². The predicted molar refractivity (Wildman–Crippen MR) is 109 cm³/mol. The van der Waals surface area contributed by atoms with Crippen molar-refractivity contribution >= 4 is 0 Å². The maximum Gasteiger partial charge on any atom is -0.0113 e. The molecule has 0 heterocycles. The zero-order valence-electron chi connectivity index (χ0n) is 15.9. The van der Waals surface area contributed by atoms with E-state index >= 15 is 0 Å². The molecule has 2 atom stereocenters. The molecular formula is C25H30. The normalized spacial score (nSPS) is 23.2. The average Bonchev–Trinajstić information content (AvgIpc) is 2.54. The van der Waals surface area contributed by atoms with E-state index in [1.807, 2.05) is 6.08 Å². The zero-order valence-corrected chi connectivity index (χ0v) is 15.9. The van der Waals surface area contributed by atoms with Crippen molar-refractivity contribution in [3.05, 3.63) is 95.1 Å². The first-order chi connectivity index (χ1) is 12.0. The van der Waals surface area contributed by atoms with Crippen LogP contribution in [0.2, 0.25) is 0 Å². The fraction of sp³-hybridized carbons (Fsp3) is 0.360. The van der Waals surface area contributed by atoms with Gasteiger partial charge in [0.25, 0.3) is 0 Å². The molecule has 3 rings (SSSR count). The first kappa shape index (κ1) is 17.7. The van der Waals surface area contributed by atoms with Crippen LogP contribution in [0.5, 0.6) is 0 Å². The van der Waals surface area contributed by atoms with E-state index in [0.717, 1.165) is 12.8 Å². The van der Waals surface area contributed by atoms with Crippen molar-refractivity contribution in [3.8, 4) is 0 Å². The van der Waals surface area contributed by atoms with Crippen LogP contribution in [0.25, 0.3) is 0 Å². The fourth-order valence-corrected chi connectivity index (χ4v) is 4.70. The molecule has 0 aromatic heterocycles. The maximum absolute atomic E-state index is 3.86. The van der Waals surface area contributed by atoms with E-state index in [1.54, 1.807) is 11.1 Å². The lowest BCUT2D eigenvalue weighted by Gasteiger charge is -2.40. The molecule has 0 saturated heterocycles. The second-order valence-corrected chi connectivity index (χ2v) is 8.21. The van der Waals surface area contributed by atoms with Crippen LogP contribution in [0.4, 0.5) is 0 Å². The monoisotopic (exact) mass is 330 g/mol. The molecular weight excluding hydrogens is 300 g/mol. The molecule has 25 heavy (non-hydrogen) atoms. The van der Waals surface area contributed by atoms with Gasteiger partial charge in [0.1, 0.15) is 0 Å². The Morgan fingerprint density at radius 2 is 2.00 bits per heavy atom. The average molecular weight is 331 g/mol. The summed E-state index contributed by atoms with van der Waals surface area (Å²) in [5, 5.41) is 0. The Balaban J connectivity index is 1.90. The Morgan fingerprint density at radius 1 is 1.20 bits per heavy atom. The van der Waals surface area contributed by atoms with Gasteiger partial charge in [-0.2, -0.15) is 0 Å². The lowest BCUT2D eigenvalue weighted by Crippen LogP contribution is -2.29. The Kier molecular flexibility index (Phi) is 5.27. The summed E-state index contributed by atoms with van der Waals surface area (Å²) in [4.78, 5) is 0. The molecule has 2 aromatic carbocycles. The van der Waals surface area contributed by atoms with Crippen molar-refractivity contribution in [1.82, 2.24) is 0 Å². The molecule has 0 amide bonds. The van der Waals surface area contributed by atoms with Gasteiger partial charge in [0.15, 0.2) is 0 Å². The van der Waals surface area contributed by atoms with Crippen LogP contribution >= 0.6 is 0 Å². The lowest BCUT2D eigenvalue weighted by atomic mass is 9.64. The molecule has 0 bridgehead atoms. The number of fused-ring (bicyclic) bond motifs is 1. The summed E-state index contributed by atoms with van der Waals surface area (Å²) in [7, 11) is 0. The van der Waals surface area contributed by atoms with Gasteiger partial charge in [-0.1, -0.05) is 85.3 Å². The summed E-state index contributed by atoms with van der Waals surface area (Å²) in [5.41, 5.74) is 7.68. The number of rotatable bonds is 5. The van der Waals surface area contributed by atoms with Gasteiger partial charge < -0.3 is 0 Å². The first-order valence-electron chi connectivity index (χ1n) is 9.41. The molecule has 0 spiro atoms. The second-order valence-electron chi connectivity index (χ2n) is 8.21. The van der Waals surface area contributed by atoms with E-state index in [-0.39, 0.29) is 0 Å². The van der Waals surface area contributed by atoms with Crippen molar-refractivity contribution < 1.29 is 0 Å². The van der Waals surface area contributed by atoms with Crippen LogP contribution in [0.3, 0.4) is 0 Å². The van der Waals surface area contributed by atoms with Gasteiger partial charge in [0, 0.05) is 0 Å². The van der Waals surface area contributed by atoms with Gasteiger partial charge in [0.2, 0.25) is 0 Å². The predicted octanol–water partition coefficient (Wildman–Crippen LogP) is 6.80. The number of allylic oxidation sites excluding steroid dienone is 3. The van der Waals surface area contributed by atoms with E-state index in [4.69, 9.17) is 0 Å². The van der Waals surface area contributed by atoms with E-state index in [1.165, 1.54) is 29.5 Å². The third kappa shape index (κ3) is 4.31. The summed E-state index contributed by atoms with van der Waals surface area (Å²) >= 11 is 0. The topological polar surface area (TPSA) is 0 Å². The molecule has 0 heteroatoms. The molecule has 0 saturated carbocycles. The van der Waals surface area contributed by atoms with Crippen molar-refractivity contribution in [2.45, 2.75) is 52.4 Å². The maximum atomic E-state index is 3.86. The highest BCUT2D eigenvalue weighted by Gasteiger charge is 2.35. The molecule has 1 aliphatic rings. The summed E-state index contributed by atoms with van der Waals surface area (Å²) in [5.74, 6) is 0.605. The minimum Gasteiger partial charge on any atom is -0.0991 e. The SMILES string of the molecule is C=C/C=C(\C)CC1(C)Cc2ccccc2C(Cc2cccc(C)c2)C1. The highest BCUT2D eigenvalue weighted by molar-refractivity contribution is 5.37. The number of benzene rings is 2. The third-order valence-corrected chi connectivity index (χ3v) is 5.52. The summed E-state index contributed by atoms with van der Waals surface area (Å²) in [6, 6.07) is 18.1. The smallest absolute Gasteiger partial charge is 0.0113 e. The molecule has 0 fully saturated rings. The van der Waals surface area contributed by atoms with Crippen LogP contribution in [0.1, 0.15) is 54.9 Å². The zero-order chi connectivity index (χ0) is 17.9. The van der Waals surface area contributed by atoms with Gasteiger partial charge in [-0.3, -0.25) is 0 Å². The van der Waals surface area contributed by atoms with Crippen LogP contribution in [-0.2, 0) is 12.8 Å². The van der Waals surface area contributed by atoms with Crippen LogP contribution in [0, 0.1) is 12.3 Å². The van der Waals surface area contributed by atoms with Gasteiger partial charge in [0.05, 0.1) is 0 Å². The highest BCUT2D eigenvalue weighted by Crippen LogP contribution is 2.46.